The molecule has 23 heavy (non-hydrogen) atoms. The van der Waals surface area contributed by atoms with Gasteiger partial charge in [-0.15, -0.1) is 0 Å². The fraction of sp³-hybridized carbons (Fsp3) is 0.438. The normalized spacial score (nSPS) is 16.0. The summed E-state index contributed by atoms with van der Waals surface area (Å²) in [7, 11) is 0. The predicted octanol–water partition coefficient (Wildman–Crippen LogP) is 3.51. The molecule has 3 rings (SSSR count). The molecule has 1 heterocycles. The minimum absolute atomic E-state index is 0.0754. The number of hydrogen-bond acceptors (Lipinski definition) is 4. The molecule has 1 aliphatic carbocycles. The topological polar surface area (TPSA) is 68.0 Å². The Morgan fingerprint density at radius 3 is 2.70 bits per heavy atom. The summed E-state index contributed by atoms with van der Waals surface area (Å²) in [5, 5.41) is 11.8. The van der Waals surface area contributed by atoms with Gasteiger partial charge in [-0.05, 0) is 50.3 Å². The van der Waals surface area contributed by atoms with Crippen LogP contribution in [-0.4, -0.2) is 21.8 Å². The third kappa shape index (κ3) is 3.67. The van der Waals surface area contributed by atoms with Gasteiger partial charge in [-0.1, -0.05) is 39.6 Å². The van der Waals surface area contributed by atoms with Crippen molar-refractivity contribution in [1.82, 2.24) is 15.6 Å². The van der Waals surface area contributed by atoms with E-state index in [9.17, 15) is 4.79 Å². The number of amides is 1. The first-order valence-corrected chi connectivity index (χ1v) is 8.26. The van der Waals surface area contributed by atoms with Crippen molar-refractivity contribution in [2.24, 2.45) is 0 Å². The second-order valence-corrected chi connectivity index (χ2v) is 6.91. The minimum Gasteiger partial charge on any atom is -0.350 e. The van der Waals surface area contributed by atoms with Gasteiger partial charge in [0.1, 0.15) is 11.4 Å². The summed E-state index contributed by atoms with van der Waals surface area (Å²) in [5.41, 5.74) is 1.97. The lowest BCUT2D eigenvalue weighted by Gasteiger charge is -2.43. The van der Waals surface area contributed by atoms with Crippen LogP contribution in [0.5, 0.6) is 0 Å². The van der Waals surface area contributed by atoms with Crippen LogP contribution in [0.15, 0.2) is 22.8 Å². The van der Waals surface area contributed by atoms with Gasteiger partial charge in [0.15, 0.2) is 0 Å². The van der Waals surface area contributed by atoms with Crippen molar-refractivity contribution in [3.05, 3.63) is 45.2 Å². The number of aryl methyl sites for hydroxylation is 1. The Hall–Kier alpha value is -1.59. The molecule has 0 spiro atoms. The number of rotatable bonds is 5. The zero-order chi connectivity index (χ0) is 16.4. The van der Waals surface area contributed by atoms with Crippen LogP contribution in [0.1, 0.15) is 36.2 Å². The molecule has 1 aliphatic rings. The number of benzene rings is 1. The molecule has 122 valence electrons. The molecule has 1 amide bonds. The molecular formula is C16H17Cl2N3O2. The maximum atomic E-state index is 12.3. The van der Waals surface area contributed by atoms with Gasteiger partial charge >= 0.3 is 0 Å². The van der Waals surface area contributed by atoms with Crippen LogP contribution >= 0.6 is 23.2 Å². The van der Waals surface area contributed by atoms with Crippen LogP contribution in [0.2, 0.25) is 10.0 Å². The van der Waals surface area contributed by atoms with E-state index in [0.29, 0.717) is 27.9 Å². The highest BCUT2D eigenvalue weighted by Crippen LogP contribution is 2.37. The highest BCUT2D eigenvalue weighted by atomic mass is 35.5. The maximum Gasteiger partial charge on any atom is 0.226 e. The molecule has 2 aromatic rings. The summed E-state index contributed by atoms with van der Waals surface area (Å²) in [6, 6.07) is 5.47. The number of aromatic nitrogens is 2. The zero-order valence-electron chi connectivity index (χ0n) is 12.7. The summed E-state index contributed by atoms with van der Waals surface area (Å²) in [5.74, 6) is -0.0754. The Kier molecular flexibility index (Phi) is 4.60. The number of carbonyl (C=O) groups excluding carboxylic acids is 1. The van der Waals surface area contributed by atoms with Crippen LogP contribution in [-0.2, 0) is 17.6 Å². The first-order valence-electron chi connectivity index (χ1n) is 7.50. The molecule has 1 fully saturated rings. The maximum absolute atomic E-state index is 12.3. The summed E-state index contributed by atoms with van der Waals surface area (Å²) in [4.78, 5) is 12.3. The van der Waals surface area contributed by atoms with E-state index in [-0.39, 0.29) is 17.9 Å². The van der Waals surface area contributed by atoms with E-state index < -0.39 is 0 Å². The number of nitrogens with one attached hydrogen (secondary N) is 1. The van der Waals surface area contributed by atoms with Crippen LogP contribution < -0.4 is 5.32 Å². The van der Waals surface area contributed by atoms with Gasteiger partial charge in [-0.3, -0.25) is 4.79 Å². The molecule has 1 N–H and O–H groups in total. The molecule has 1 aromatic heterocycles. The van der Waals surface area contributed by atoms with Crippen molar-refractivity contribution in [3.63, 3.8) is 0 Å². The summed E-state index contributed by atoms with van der Waals surface area (Å²) < 4.78 is 4.63. The largest absolute Gasteiger partial charge is 0.350 e. The molecule has 0 bridgehead atoms. The van der Waals surface area contributed by atoms with Crippen LogP contribution in [0.4, 0.5) is 0 Å². The fourth-order valence-corrected chi connectivity index (χ4v) is 3.36. The number of carbonyl (C=O) groups is 1. The van der Waals surface area contributed by atoms with E-state index in [1.807, 2.05) is 12.1 Å². The second kappa shape index (κ2) is 6.49. The van der Waals surface area contributed by atoms with Gasteiger partial charge in [0.05, 0.1) is 6.42 Å². The van der Waals surface area contributed by atoms with Gasteiger partial charge in [-0.25, -0.2) is 4.63 Å². The van der Waals surface area contributed by atoms with E-state index in [1.54, 1.807) is 13.0 Å². The van der Waals surface area contributed by atoms with Crippen molar-refractivity contribution >= 4 is 29.1 Å². The lowest BCUT2D eigenvalue weighted by molar-refractivity contribution is -0.123. The van der Waals surface area contributed by atoms with Gasteiger partial charge in [0, 0.05) is 15.6 Å². The Morgan fingerprint density at radius 2 is 2.13 bits per heavy atom. The zero-order valence-corrected chi connectivity index (χ0v) is 14.2. The molecule has 0 unspecified atom stereocenters. The van der Waals surface area contributed by atoms with E-state index in [2.05, 4.69) is 20.3 Å². The SMILES string of the molecule is Cc1nonc1CC(=O)NC1(Cc2ccc(Cl)cc2Cl)CCC1. The Bertz CT molecular complexity index is 726. The van der Waals surface area contributed by atoms with Gasteiger partial charge < -0.3 is 5.32 Å². The van der Waals surface area contributed by atoms with Crippen LogP contribution in [0, 0.1) is 6.92 Å². The van der Waals surface area contributed by atoms with E-state index >= 15 is 0 Å². The molecule has 0 radical (unpaired) electrons. The smallest absolute Gasteiger partial charge is 0.226 e. The Labute approximate surface area is 144 Å². The molecular weight excluding hydrogens is 337 g/mol. The quantitative estimate of drug-likeness (QED) is 0.892. The van der Waals surface area contributed by atoms with Crippen molar-refractivity contribution in [2.45, 2.75) is 44.6 Å². The van der Waals surface area contributed by atoms with Gasteiger partial charge in [0.25, 0.3) is 0 Å². The van der Waals surface area contributed by atoms with Crippen molar-refractivity contribution in [1.29, 1.82) is 0 Å². The predicted molar refractivity (Wildman–Crippen MR) is 87.6 cm³/mol. The number of nitrogens with zero attached hydrogens (tertiary/aromatic N) is 2. The number of hydrogen-bond donors (Lipinski definition) is 1. The summed E-state index contributed by atoms with van der Waals surface area (Å²) >= 11 is 12.2. The average molecular weight is 354 g/mol. The minimum atomic E-state index is -0.236. The lowest BCUT2D eigenvalue weighted by Crippen LogP contribution is -2.55. The third-order valence-corrected chi connectivity index (χ3v) is 4.92. The molecule has 1 saturated carbocycles. The van der Waals surface area contributed by atoms with E-state index in [0.717, 1.165) is 24.8 Å². The van der Waals surface area contributed by atoms with E-state index in [1.165, 1.54) is 0 Å². The molecule has 0 aliphatic heterocycles. The van der Waals surface area contributed by atoms with Crippen molar-refractivity contribution in [3.8, 4) is 0 Å². The highest BCUT2D eigenvalue weighted by molar-refractivity contribution is 6.35. The fourth-order valence-electron chi connectivity index (χ4n) is 2.88. The molecule has 0 atom stereocenters. The monoisotopic (exact) mass is 353 g/mol. The lowest BCUT2D eigenvalue weighted by atomic mass is 9.72. The van der Waals surface area contributed by atoms with Crippen molar-refractivity contribution < 1.29 is 9.42 Å². The van der Waals surface area contributed by atoms with Crippen LogP contribution in [0.25, 0.3) is 0 Å². The Balaban J connectivity index is 1.68. The first kappa shape index (κ1) is 16.3. The van der Waals surface area contributed by atoms with Gasteiger partial charge in [0.2, 0.25) is 5.91 Å². The molecule has 0 saturated heterocycles. The first-order chi connectivity index (χ1) is 11.0. The molecule has 7 heteroatoms. The summed E-state index contributed by atoms with van der Waals surface area (Å²) in [6.45, 7) is 1.77. The summed E-state index contributed by atoms with van der Waals surface area (Å²) in [6.07, 6.45) is 3.84. The Morgan fingerprint density at radius 1 is 1.35 bits per heavy atom. The van der Waals surface area contributed by atoms with Crippen molar-refractivity contribution in [2.75, 3.05) is 0 Å². The average Bonchev–Trinajstić information content (AvgIpc) is 2.84. The molecule has 5 nitrogen and oxygen atoms in total. The van der Waals surface area contributed by atoms with E-state index in [4.69, 9.17) is 23.2 Å². The third-order valence-electron chi connectivity index (χ3n) is 4.33. The van der Waals surface area contributed by atoms with Crippen LogP contribution in [0.3, 0.4) is 0 Å². The standard InChI is InChI=1S/C16H17Cl2N3O2/c1-10-14(21-23-20-10)8-15(22)19-16(5-2-6-16)9-11-3-4-12(17)7-13(11)18/h3-4,7H,2,5-6,8-9H2,1H3,(H,19,22). The number of halogens is 2. The molecule has 1 aromatic carbocycles. The highest BCUT2D eigenvalue weighted by Gasteiger charge is 2.39. The van der Waals surface area contributed by atoms with Gasteiger partial charge in [-0.2, -0.15) is 0 Å². The second-order valence-electron chi connectivity index (χ2n) is 6.07.